The monoisotopic (exact) mass is 388 g/mol. The van der Waals surface area contributed by atoms with Crippen LogP contribution in [0.5, 0.6) is 0 Å². The third-order valence-electron chi connectivity index (χ3n) is 4.36. The molecule has 0 saturated carbocycles. The van der Waals surface area contributed by atoms with E-state index in [1.54, 1.807) is 20.8 Å². The number of benzene rings is 1. The Morgan fingerprint density at radius 1 is 1.28 bits per heavy atom. The van der Waals surface area contributed by atoms with Crippen LogP contribution in [0, 0.1) is 0 Å². The van der Waals surface area contributed by atoms with Gasteiger partial charge in [0.2, 0.25) is 10.0 Å². The number of amides is 1. The standard InChI is InChI=1S/C16H24N2O5S2/c1-4-18(5-2)25(22,23)14-8-6-7-13(11-14)15(19)17-16(3)9-10-24(20,21)12-16/h6-8,11H,4-5,9-10,12H2,1-3H3,(H,17,19)/t16-/m0/s1. The smallest absolute Gasteiger partial charge is 0.251 e. The second-order valence-corrected chi connectivity index (χ2v) is 10.6. The highest BCUT2D eigenvalue weighted by molar-refractivity contribution is 7.91. The molecule has 2 rings (SSSR count). The lowest BCUT2D eigenvalue weighted by molar-refractivity contribution is 0.0915. The Bertz CT molecular complexity index is 860. The first kappa shape index (κ1) is 19.9. The van der Waals surface area contributed by atoms with Crippen molar-refractivity contribution in [2.75, 3.05) is 24.6 Å². The average molecular weight is 389 g/mol. The topological polar surface area (TPSA) is 101 Å². The lowest BCUT2D eigenvalue weighted by atomic mass is 10.0. The quantitative estimate of drug-likeness (QED) is 0.784. The van der Waals surface area contributed by atoms with Crippen LogP contribution in [0.3, 0.4) is 0 Å². The van der Waals surface area contributed by atoms with Gasteiger partial charge in [-0.2, -0.15) is 4.31 Å². The number of hydrogen-bond acceptors (Lipinski definition) is 5. The average Bonchev–Trinajstić information content (AvgIpc) is 2.81. The number of rotatable bonds is 6. The van der Waals surface area contributed by atoms with Crippen LogP contribution in [0.15, 0.2) is 29.2 Å². The summed E-state index contributed by atoms with van der Waals surface area (Å²) in [4.78, 5) is 12.5. The number of carbonyl (C=O) groups excluding carboxylic acids is 1. The lowest BCUT2D eigenvalue weighted by Crippen LogP contribution is -2.47. The SMILES string of the molecule is CCN(CC)S(=O)(=O)c1cccc(C(=O)N[C@@]2(C)CCS(=O)(=O)C2)c1. The lowest BCUT2D eigenvalue weighted by Gasteiger charge is -2.24. The molecule has 0 aromatic heterocycles. The summed E-state index contributed by atoms with van der Waals surface area (Å²) in [5.74, 6) is -0.542. The Hall–Kier alpha value is -1.45. The van der Waals surface area contributed by atoms with Crippen LogP contribution >= 0.6 is 0 Å². The normalized spacial score (nSPS) is 22.9. The van der Waals surface area contributed by atoms with Crippen molar-refractivity contribution in [3.05, 3.63) is 29.8 Å². The zero-order chi connectivity index (χ0) is 18.9. The van der Waals surface area contributed by atoms with E-state index in [0.717, 1.165) is 0 Å². The predicted molar refractivity (Wildman–Crippen MR) is 95.7 cm³/mol. The van der Waals surface area contributed by atoms with Gasteiger partial charge in [-0.15, -0.1) is 0 Å². The van der Waals surface area contributed by atoms with Gasteiger partial charge in [-0.3, -0.25) is 4.79 Å². The minimum atomic E-state index is -3.66. The first-order valence-corrected chi connectivity index (χ1v) is 11.4. The number of sulfonamides is 1. The van der Waals surface area contributed by atoms with E-state index < -0.39 is 31.3 Å². The van der Waals surface area contributed by atoms with Crippen molar-refractivity contribution in [1.82, 2.24) is 9.62 Å². The summed E-state index contributed by atoms with van der Waals surface area (Å²) in [6, 6.07) is 5.81. The fourth-order valence-electron chi connectivity index (χ4n) is 2.97. The van der Waals surface area contributed by atoms with Crippen LogP contribution in [0.2, 0.25) is 0 Å². The van der Waals surface area contributed by atoms with Crippen molar-refractivity contribution in [2.24, 2.45) is 0 Å². The van der Waals surface area contributed by atoms with E-state index in [1.165, 1.54) is 28.6 Å². The van der Waals surface area contributed by atoms with Crippen molar-refractivity contribution in [3.63, 3.8) is 0 Å². The Morgan fingerprint density at radius 3 is 2.44 bits per heavy atom. The molecule has 140 valence electrons. The van der Waals surface area contributed by atoms with E-state index >= 15 is 0 Å². The summed E-state index contributed by atoms with van der Waals surface area (Å²) in [7, 11) is -6.81. The maximum Gasteiger partial charge on any atom is 0.251 e. The summed E-state index contributed by atoms with van der Waals surface area (Å²) < 4.78 is 49.8. The molecule has 1 saturated heterocycles. The number of hydrogen-bond donors (Lipinski definition) is 1. The first-order valence-electron chi connectivity index (χ1n) is 8.16. The maximum absolute atomic E-state index is 12.6. The minimum absolute atomic E-state index is 0.0418. The molecule has 0 unspecified atom stereocenters. The van der Waals surface area contributed by atoms with Crippen LogP contribution in [0.4, 0.5) is 0 Å². The van der Waals surface area contributed by atoms with Gasteiger partial charge < -0.3 is 5.32 Å². The molecule has 1 fully saturated rings. The molecule has 0 bridgehead atoms. The predicted octanol–water partition coefficient (Wildman–Crippen LogP) is 1.02. The van der Waals surface area contributed by atoms with Gasteiger partial charge in [0.15, 0.2) is 9.84 Å². The third kappa shape index (κ3) is 4.39. The van der Waals surface area contributed by atoms with Crippen molar-refractivity contribution in [2.45, 2.75) is 37.6 Å². The maximum atomic E-state index is 12.6. The second kappa shape index (κ2) is 7.05. The molecule has 1 aromatic rings. The summed E-state index contributed by atoms with van der Waals surface area (Å²) in [6.45, 7) is 5.86. The van der Waals surface area contributed by atoms with E-state index in [4.69, 9.17) is 0 Å². The molecule has 1 aliphatic rings. The molecule has 1 heterocycles. The zero-order valence-electron chi connectivity index (χ0n) is 14.6. The van der Waals surface area contributed by atoms with Crippen molar-refractivity contribution in [3.8, 4) is 0 Å². The molecule has 1 N–H and O–H groups in total. The number of nitrogens with one attached hydrogen (secondary N) is 1. The molecule has 1 amide bonds. The number of carbonyl (C=O) groups is 1. The molecule has 0 aliphatic carbocycles. The van der Waals surface area contributed by atoms with Gasteiger partial charge >= 0.3 is 0 Å². The van der Waals surface area contributed by atoms with Crippen LogP contribution in [-0.4, -0.2) is 57.2 Å². The van der Waals surface area contributed by atoms with Gasteiger partial charge in [-0.05, 0) is 31.5 Å². The molecule has 1 aliphatic heterocycles. The minimum Gasteiger partial charge on any atom is -0.346 e. The highest BCUT2D eigenvalue weighted by Crippen LogP contribution is 2.24. The second-order valence-electron chi connectivity index (χ2n) is 6.47. The first-order chi connectivity index (χ1) is 11.5. The molecule has 1 atom stereocenters. The van der Waals surface area contributed by atoms with Gasteiger partial charge in [-0.1, -0.05) is 19.9 Å². The van der Waals surface area contributed by atoms with E-state index in [9.17, 15) is 21.6 Å². The third-order valence-corrected chi connectivity index (χ3v) is 8.31. The molecule has 25 heavy (non-hydrogen) atoms. The van der Waals surface area contributed by atoms with Gasteiger partial charge in [0.25, 0.3) is 5.91 Å². The van der Waals surface area contributed by atoms with E-state index in [-0.39, 0.29) is 22.0 Å². The van der Waals surface area contributed by atoms with Crippen LogP contribution in [0.1, 0.15) is 37.6 Å². The summed E-state index contributed by atoms with van der Waals surface area (Å²) in [5, 5.41) is 2.74. The van der Waals surface area contributed by atoms with Crippen LogP contribution < -0.4 is 5.32 Å². The van der Waals surface area contributed by atoms with E-state index in [0.29, 0.717) is 19.5 Å². The fourth-order valence-corrected chi connectivity index (χ4v) is 6.56. The van der Waals surface area contributed by atoms with Gasteiger partial charge in [0.05, 0.1) is 21.9 Å². The molecular weight excluding hydrogens is 364 g/mol. The fraction of sp³-hybridized carbons (Fsp3) is 0.562. The molecule has 7 nitrogen and oxygen atoms in total. The number of sulfone groups is 1. The van der Waals surface area contributed by atoms with Crippen LogP contribution in [0.25, 0.3) is 0 Å². The van der Waals surface area contributed by atoms with E-state index in [2.05, 4.69) is 5.32 Å². The summed E-state index contributed by atoms with van der Waals surface area (Å²) in [5.41, 5.74) is -0.636. The zero-order valence-corrected chi connectivity index (χ0v) is 16.3. The summed E-state index contributed by atoms with van der Waals surface area (Å²) in [6.07, 6.45) is 0.346. The molecule has 1 aromatic carbocycles. The largest absolute Gasteiger partial charge is 0.346 e. The number of nitrogens with zero attached hydrogens (tertiary/aromatic N) is 1. The molecule has 0 radical (unpaired) electrons. The Morgan fingerprint density at radius 2 is 1.92 bits per heavy atom. The van der Waals surface area contributed by atoms with Crippen LogP contribution in [-0.2, 0) is 19.9 Å². The Kier molecular flexibility index (Phi) is 5.60. The van der Waals surface area contributed by atoms with Gasteiger partial charge in [-0.25, -0.2) is 16.8 Å². The van der Waals surface area contributed by atoms with Crippen molar-refractivity contribution < 1.29 is 21.6 Å². The Labute approximate surface area is 149 Å². The van der Waals surface area contributed by atoms with E-state index in [1.807, 2.05) is 0 Å². The van der Waals surface area contributed by atoms with Crippen molar-refractivity contribution >= 4 is 25.8 Å². The highest BCUT2D eigenvalue weighted by Gasteiger charge is 2.39. The highest BCUT2D eigenvalue weighted by atomic mass is 32.2. The van der Waals surface area contributed by atoms with Crippen molar-refractivity contribution in [1.29, 1.82) is 0 Å². The molecule has 9 heteroatoms. The van der Waals surface area contributed by atoms with Gasteiger partial charge in [0.1, 0.15) is 0 Å². The molecule has 0 spiro atoms. The molecular formula is C16H24N2O5S2. The van der Waals surface area contributed by atoms with Gasteiger partial charge in [0, 0.05) is 18.7 Å². The summed E-state index contributed by atoms with van der Waals surface area (Å²) >= 11 is 0. The Balaban J connectivity index is 2.26.